The minimum absolute atomic E-state index is 0.165. The summed E-state index contributed by atoms with van der Waals surface area (Å²) in [6, 6.07) is 10.1. The van der Waals surface area contributed by atoms with Crippen LogP contribution in [0.15, 0.2) is 30.3 Å². The van der Waals surface area contributed by atoms with Gasteiger partial charge in [0.25, 0.3) is 0 Å². The number of nitrogens with zero attached hydrogens (tertiary/aromatic N) is 3. The van der Waals surface area contributed by atoms with E-state index in [-0.39, 0.29) is 5.91 Å². The summed E-state index contributed by atoms with van der Waals surface area (Å²) in [7, 11) is 1.68. The van der Waals surface area contributed by atoms with Gasteiger partial charge in [-0.15, -0.1) is 0 Å². The summed E-state index contributed by atoms with van der Waals surface area (Å²) in [6.07, 6.45) is 1.38. The third-order valence-electron chi connectivity index (χ3n) is 4.60. The second kappa shape index (κ2) is 8.16. The van der Waals surface area contributed by atoms with Crippen molar-refractivity contribution in [1.82, 2.24) is 20.0 Å². The van der Waals surface area contributed by atoms with Crippen LogP contribution in [0.5, 0.6) is 5.75 Å². The molecule has 3 rings (SSSR count). The number of aryl methyl sites for hydroxylation is 1. The minimum Gasteiger partial charge on any atom is -0.497 e. The molecule has 0 unspecified atom stereocenters. The third kappa shape index (κ3) is 4.82. The molecule has 0 aliphatic carbocycles. The van der Waals surface area contributed by atoms with Crippen LogP contribution < -0.4 is 4.74 Å². The van der Waals surface area contributed by atoms with Crippen LogP contribution in [-0.4, -0.2) is 59.2 Å². The Morgan fingerprint density at radius 3 is 2.68 bits per heavy atom. The first-order chi connectivity index (χ1) is 12.1. The number of methoxy groups -OCH3 is 1. The van der Waals surface area contributed by atoms with Gasteiger partial charge in [0.05, 0.1) is 19.2 Å². The molecule has 1 aromatic heterocycles. The molecule has 1 N–H and O–H groups in total. The normalized spacial score (nSPS) is 15.8. The first-order valence-electron chi connectivity index (χ1n) is 8.78. The van der Waals surface area contributed by atoms with Gasteiger partial charge in [-0.2, -0.15) is 5.10 Å². The number of amides is 1. The first-order valence-corrected chi connectivity index (χ1v) is 8.78. The second-order valence-corrected chi connectivity index (χ2v) is 6.58. The summed E-state index contributed by atoms with van der Waals surface area (Å²) in [5, 5.41) is 7.06. The monoisotopic (exact) mass is 342 g/mol. The van der Waals surface area contributed by atoms with E-state index in [4.69, 9.17) is 4.74 Å². The van der Waals surface area contributed by atoms with Crippen LogP contribution in [0.2, 0.25) is 0 Å². The van der Waals surface area contributed by atoms with Crippen LogP contribution >= 0.6 is 0 Å². The Kier molecular flexibility index (Phi) is 5.71. The van der Waals surface area contributed by atoms with Crippen molar-refractivity contribution < 1.29 is 9.53 Å². The summed E-state index contributed by atoms with van der Waals surface area (Å²) < 4.78 is 5.20. The van der Waals surface area contributed by atoms with Crippen molar-refractivity contribution in [3.05, 3.63) is 47.3 Å². The molecule has 2 aromatic rings. The molecule has 1 aromatic carbocycles. The zero-order valence-electron chi connectivity index (χ0n) is 15.0. The van der Waals surface area contributed by atoms with Gasteiger partial charge in [0.15, 0.2) is 0 Å². The number of benzene rings is 1. The molecule has 1 saturated heterocycles. The van der Waals surface area contributed by atoms with Crippen molar-refractivity contribution in [2.75, 3.05) is 33.3 Å². The quantitative estimate of drug-likeness (QED) is 0.903. The van der Waals surface area contributed by atoms with Gasteiger partial charge in [0, 0.05) is 38.4 Å². The van der Waals surface area contributed by atoms with E-state index in [1.54, 1.807) is 7.11 Å². The number of aromatic nitrogens is 2. The van der Waals surface area contributed by atoms with Crippen LogP contribution in [0, 0.1) is 6.92 Å². The van der Waals surface area contributed by atoms with Crippen molar-refractivity contribution in [2.45, 2.75) is 26.3 Å². The van der Waals surface area contributed by atoms with E-state index < -0.39 is 0 Å². The fourth-order valence-corrected chi connectivity index (χ4v) is 3.20. The van der Waals surface area contributed by atoms with Crippen molar-refractivity contribution in [3.63, 3.8) is 0 Å². The molecular weight excluding hydrogens is 316 g/mol. The molecule has 0 bridgehead atoms. The largest absolute Gasteiger partial charge is 0.497 e. The van der Waals surface area contributed by atoms with Crippen LogP contribution in [0.3, 0.4) is 0 Å². The van der Waals surface area contributed by atoms with E-state index in [1.807, 2.05) is 30.0 Å². The Bertz CT molecular complexity index is 696. The van der Waals surface area contributed by atoms with E-state index in [9.17, 15) is 4.79 Å². The minimum atomic E-state index is 0.165. The maximum atomic E-state index is 12.5. The van der Waals surface area contributed by atoms with Gasteiger partial charge in [-0.3, -0.25) is 14.8 Å². The van der Waals surface area contributed by atoms with Crippen LogP contribution in [-0.2, 0) is 17.8 Å². The molecule has 2 heterocycles. The Morgan fingerprint density at radius 1 is 1.20 bits per heavy atom. The summed E-state index contributed by atoms with van der Waals surface area (Å²) in [5.74, 6) is 1.04. The third-order valence-corrected chi connectivity index (χ3v) is 4.60. The predicted octanol–water partition coefficient (Wildman–Crippen LogP) is 2.00. The van der Waals surface area contributed by atoms with Gasteiger partial charge in [-0.1, -0.05) is 12.1 Å². The average Bonchev–Trinajstić information content (AvgIpc) is 2.88. The highest BCUT2D eigenvalue weighted by atomic mass is 16.5. The number of aromatic amines is 1. The Morgan fingerprint density at radius 2 is 2.00 bits per heavy atom. The number of H-pyrrole nitrogens is 1. The molecule has 1 aliphatic heterocycles. The van der Waals surface area contributed by atoms with E-state index >= 15 is 0 Å². The lowest BCUT2D eigenvalue weighted by Gasteiger charge is -2.22. The molecule has 25 heavy (non-hydrogen) atoms. The molecule has 6 nitrogen and oxygen atoms in total. The van der Waals surface area contributed by atoms with Crippen LogP contribution in [0.1, 0.15) is 23.4 Å². The van der Waals surface area contributed by atoms with E-state index in [0.717, 1.165) is 56.3 Å². The average molecular weight is 342 g/mol. The van der Waals surface area contributed by atoms with Gasteiger partial charge >= 0.3 is 0 Å². The standard InChI is InChI=1S/C19H26N4O2/c1-15-12-17(21-20-15)13-19(24)23-9-3-8-22(10-11-23)14-16-4-6-18(25-2)7-5-16/h4-7,12H,3,8-11,13-14H2,1-2H3,(H,20,21). The van der Waals surface area contributed by atoms with Crippen molar-refractivity contribution in [1.29, 1.82) is 0 Å². The zero-order valence-corrected chi connectivity index (χ0v) is 15.0. The molecule has 134 valence electrons. The summed E-state index contributed by atoms with van der Waals surface area (Å²) in [5.41, 5.74) is 3.08. The predicted molar refractivity (Wildman–Crippen MR) is 96.5 cm³/mol. The number of nitrogens with one attached hydrogen (secondary N) is 1. The number of hydrogen-bond donors (Lipinski definition) is 1. The lowest BCUT2D eigenvalue weighted by molar-refractivity contribution is -0.130. The van der Waals surface area contributed by atoms with Gasteiger partial charge < -0.3 is 9.64 Å². The van der Waals surface area contributed by atoms with Gasteiger partial charge in [0.2, 0.25) is 5.91 Å². The van der Waals surface area contributed by atoms with E-state index in [0.29, 0.717) is 6.42 Å². The lowest BCUT2D eigenvalue weighted by atomic mass is 10.2. The highest BCUT2D eigenvalue weighted by Gasteiger charge is 2.20. The molecule has 1 fully saturated rings. The topological polar surface area (TPSA) is 61.5 Å². The summed E-state index contributed by atoms with van der Waals surface area (Å²) >= 11 is 0. The lowest BCUT2D eigenvalue weighted by Crippen LogP contribution is -2.36. The maximum absolute atomic E-state index is 12.5. The second-order valence-electron chi connectivity index (χ2n) is 6.58. The molecule has 1 amide bonds. The highest BCUT2D eigenvalue weighted by molar-refractivity contribution is 5.78. The number of hydrogen-bond acceptors (Lipinski definition) is 4. The number of carbonyl (C=O) groups is 1. The smallest absolute Gasteiger partial charge is 0.228 e. The maximum Gasteiger partial charge on any atom is 0.228 e. The Balaban J connectivity index is 1.51. The fraction of sp³-hybridized carbons (Fsp3) is 0.474. The molecule has 0 spiro atoms. The van der Waals surface area contributed by atoms with Gasteiger partial charge in [0.1, 0.15) is 5.75 Å². The Labute approximate surface area is 148 Å². The van der Waals surface area contributed by atoms with Gasteiger partial charge in [-0.25, -0.2) is 0 Å². The number of carbonyl (C=O) groups excluding carboxylic acids is 1. The molecule has 1 aliphatic rings. The van der Waals surface area contributed by atoms with Crippen molar-refractivity contribution in [3.8, 4) is 5.75 Å². The number of ether oxygens (including phenoxy) is 1. The fourth-order valence-electron chi connectivity index (χ4n) is 3.20. The SMILES string of the molecule is COc1ccc(CN2CCCN(C(=O)Cc3cc(C)[nH]n3)CC2)cc1. The molecule has 0 radical (unpaired) electrons. The molecule has 0 atom stereocenters. The van der Waals surface area contributed by atoms with Gasteiger partial charge in [-0.05, 0) is 37.1 Å². The molecule has 0 saturated carbocycles. The molecular formula is C19H26N4O2. The Hall–Kier alpha value is -2.34. The van der Waals surface area contributed by atoms with E-state index in [2.05, 4.69) is 27.2 Å². The molecule has 6 heteroatoms. The summed E-state index contributed by atoms with van der Waals surface area (Å²) in [6.45, 7) is 6.36. The van der Waals surface area contributed by atoms with Crippen molar-refractivity contribution in [2.24, 2.45) is 0 Å². The van der Waals surface area contributed by atoms with Crippen LogP contribution in [0.4, 0.5) is 0 Å². The van der Waals surface area contributed by atoms with Crippen LogP contribution in [0.25, 0.3) is 0 Å². The number of rotatable bonds is 5. The zero-order chi connectivity index (χ0) is 17.6. The summed E-state index contributed by atoms with van der Waals surface area (Å²) in [4.78, 5) is 16.9. The highest BCUT2D eigenvalue weighted by Crippen LogP contribution is 2.14. The van der Waals surface area contributed by atoms with Crippen molar-refractivity contribution >= 4 is 5.91 Å². The van der Waals surface area contributed by atoms with E-state index in [1.165, 1.54) is 5.56 Å². The first kappa shape index (κ1) is 17.5.